The van der Waals surface area contributed by atoms with E-state index in [1.807, 2.05) is 0 Å². The summed E-state index contributed by atoms with van der Waals surface area (Å²) in [6, 6.07) is 2.92. The van der Waals surface area contributed by atoms with Gasteiger partial charge in [-0.15, -0.1) is 0 Å². The number of carbonyl (C=O) groups is 1. The molecule has 0 saturated carbocycles. The van der Waals surface area contributed by atoms with Gasteiger partial charge in [0.2, 0.25) is 0 Å². The Labute approximate surface area is 128 Å². The summed E-state index contributed by atoms with van der Waals surface area (Å²) in [6.07, 6.45) is -5.90. The van der Waals surface area contributed by atoms with Crippen molar-refractivity contribution in [2.24, 2.45) is 0 Å². The Morgan fingerprint density at radius 1 is 1.32 bits per heavy atom. The van der Waals surface area contributed by atoms with E-state index < -0.39 is 36.5 Å². The number of nitrogens with one attached hydrogen (secondary N) is 1. The zero-order valence-corrected chi connectivity index (χ0v) is 12.0. The first-order chi connectivity index (χ1) is 10.1. The van der Waals surface area contributed by atoms with Crippen molar-refractivity contribution in [2.75, 3.05) is 18.4 Å². The van der Waals surface area contributed by atoms with E-state index in [0.29, 0.717) is 0 Å². The molecule has 0 bridgehead atoms. The maximum absolute atomic E-state index is 13.0. The Morgan fingerprint density at radius 3 is 2.41 bits per heavy atom. The average molecular weight is 341 g/mol. The highest BCUT2D eigenvalue weighted by molar-refractivity contribution is 6.31. The van der Waals surface area contributed by atoms with Crippen LogP contribution < -0.4 is 5.32 Å². The highest BCUT2D eigenvalue weighted by atomic mass is 35.5. The molecule has 1 aromatic rings. The van der Waals surface area contributed by atoms with Gasteiger partial charge >= 0.3 is 12.2 Å². The second-order valence-corrected chi connectivity index (χ2v) is 5.48. The Balaban J connectivity index is 1.97. The first-order valence-corrected chi connectivity index (χ1v) is 6.80. The SMILES string of the molecule is O=C(Nc1ccc(F)c(Cl)c1)N1CCC(O)(C(F)(F)F)CC1. The molecule has 9 heteroatoms. The van der Waals surface area contributed by atoms with E-state index in [4.69, 9.17) is 11.6 Å². The van der Waals surface area contributed by atoms with Crippen LogP contribution in [0.25, 0.3) is 0 Å². The number of rotatable bonds is 1. The van der Waals surface area contributed by atoms with E-state index >= 15 is 0 Å². The molecule has 0 unspecified atom stereocenters. The summed E-state index contributed by atoms with van der Waals surface area (Å²) in [6.45, 7) is -0.479. The number of likely N-dealkylation sites (tertiary alicyclic amines) is 1. The molecule has 1 aliphatic rings. The van der Waals surface area contributed by atoms with Gasteiger partial charge in [0.1, 0.15) is 5.82 Å². The Kier molecular flexibility index (Phi) is 4.53. The largest absolute Gasteiger partial charge is 0.417 e. The zero-order chi connectivity index (χ0) is 16.5. The highest BCUT2D eigenvalue weighted by Gasteiger charge is 2.54. The first-order valence-electron chi connectivity index (χ1n) is 6.42. The molecule has 4 nitrogen and oxygen atoms in total. The average Bonchev–Trinajstić information content (AvgIpc) is 2.42. The van der Waals surface area contributed by atoms with Gasteiger partial charge in [-0.05, 0) is 18.2 Å². The van der Waals surface area contributed by atoms with Crippen LogP contribution >= 0.6 is 11.6 Å². The molecule has 1 aromatic carbocycles. The van der Waals surface area contributed by atoms with Crippen molar-refractivity contribution in [3.05, 3.63) is 29.0 Å². The standard InChI is InChI=1S/C13H13ClF4N2O2/c14-9-7-8(1-2-10(9)15)19-11(21)20-5-3-12(22,4-6-20)13(16,17)18/h1-2,7,22H,3-6H2,(H,19,21). The van der Waals surface area contributed by atoms with Crippen molar-refractivity contribution in [2.45, 2.75) is 24.6 Å². The lowest BCUT2D eigenvalue weighted by molar-refractivity contribution is -0.271. The van der Waals surface area contributed by atoms with Crippen LogP contribution in [0.3, 0.4) is 0 Å². The minimum atomic E-state index is -4.72. The van der Waals surface area contributed by atoms with Crippen LogP contribution in [-0.2, 0) is 0 Å². The lowest BCUT2D eigenvalue weighted by Gasteiger charge is -2.38. The number of alkyl halides is 3. The van der Waals surface area contributed by atoms with E-state index in [-0.39, 0.29) is 23.8 Å². The predicted molar refractivity (Wildman–Crippen MR) is 72.2 cm³/mol. The summed E-state index contributed by atoms with van der Waals surface area (Å²) in [5.41, 5.74) is -2.53. The molecule has 1 saturated heterocycles. The fraction of sp³-hybridized carbons (Fsp3) is 0.462. The minimum absolute atomic E-state index is 0.178. The fourth-order valence-electron chi connectivity index (χ4n) is 2.14. The number of benzene rings is 1. The van der Waals surface area contributed by atoms with Gasteiger partial charge in [-0.25, -0.2) is 9.18 Å². The normalized spacial score (nSPS) is 18.2. The Hall–Kier alpha value is -1.54. The van der Waals surface area contributed by atoms with Crippen LogP contribution in [0.2, 0.25) is 5.02 Å². The van der Waals surface area contributed by atoms with Crippen LogP contribution in [-0.4, -0.2) is 40.9 Å². The molecule has 0 radical (unpaired) electrons. The summed E-state index contributed by atoms with van der Waals surface area (Å²) < 4.78 is 51.0. The molecule has 0 aromatic heterocycles. The van der Waals surface area contributed by atoms with Gasteiger partial charge in [0, 0.05) is 31.6 Å². The van der Waals surface area contributed by atoms with Crippen molar-refractivity contribution >= 4 is 23.3 Å². The summed E-state index contributed by atoms with van der Waals surface area (Å²) in [5, 5.41) is 11.8. The number of halogens is 5. The second kappa shape index (κ2) is 5.92. The highest BCUT2D eigenvalue weighted by Crippen LogP contribution is 2.38. The number of carbonyl (C=O) groups excluding carboxylic acids is 1. The van der Waals surface area contributed by atoms with Crippen LogP contribution in [0, 0.1) is 5.82 Å². The van der Waals surface area contributed by atoms with E-state index in [1.165, 1.54) is 12.1 Å². The number of nitrogens with zero attached hydrogens (tertiary/aromatic N) is 1. The molecule has 122 valence electrons. The van der Waals surface area contributed by atoms with Crippen molar-refractivity contribution in [1.29, 1.82) is 0 Å². The van der Waals surface area contributed by atoms with Crippen molar-refractivity contribution in [3.8, 4) is 0 Å². The molecule has 2 rings (SSSR count). The molecule has 22 heavy (non-hydrogen) atoms. The molecule has 2 N–H and O–H groups in total. The van der Waals surface area contributed by atoms with Gasteiger partial charge in [0.05, 0.1) is 5.02 Å². The van der Waals surface area contributed by atoms with E-state index in [2.05, 4.69) is 5.32 Å². The van der Waals surface area contributed by atoms with Gasteiger partial charge in [0.25, 0.3) is 0 Å². The summed E-state index contributed by atoms with van der Waals surface area (Å²) in [5.74, 6) is -0.645. The van der Waals surface area contributed by atoms with Crippen molar-refractivity contribution in [1.82, 2.24) is 4.90 Å². The lowest BCUT2D eigenvalue weighted by atomic mass is 9.91. The predicted octanol–water partition coefficient (Wildman–Crippen LogP) is 3.40. The van der Waals surface area contributed by atoms with Gasteiger partial charge in [-0.1, -0.05) is 11.6 Å². The van der Waals surface area contributed by atoms with Gasteiger partial charge in [-0.2, -0.15) is 13.2 Å². The minimum Gasteiger partial charge on any atom is -0.380 e. The van der Waals surface area contributed by atoms with Crippen LogP contribution in [0.4, 0.5) is 28.0 Å². The third-order valence-electron chi connectivity index (χ3n) is 3.58. The smallest absolute Gasteiger partial charge is 0.380 e. The molecule has 0 spiro atoms. The topological polar surface area (TPSA) is 52.6 Å². The summed E-state index contributed by atoms with van der Waals surface area (Å²) in [4.78, 5) is 13.1. The number of anilines is 1. The number of hydrogen-bond acceptors (Lipinski definition) is 2. The van der Waals surface area contributed by atoms with Gasteiger partial charge in [0.15, 0.2) is 5.60 Å². The van der Waals surface area contributed by atoms with Crippen LogP contribution in [0.15, 0.2) is 18.2 Å². The molecular formula is C13H13ClF4N2O2. The zero-order valence-electron chi connectivity index (χ0n) is 11.3. The third kappa shape index (κ3) is 3.44. The maximum atomic E-state index is 13.0. The van der Waals surface area contributed by atoms with Gasteiger partial charge < -0.3 is 15.3 Å². The lowest BCUT2D eigenvalue weighted by Crippen LogP contribution is -2.55. The molecule has 0 aliphatic carbocycles. The van der Waals surface area contributed by atoms with Gasteiger partial charge in [-0.3, -0.25) is 0 Å². The molecular weight excluding hydrogens is 328 g/mol. The quantitative estimate of drug-likeness (QED) is 0.770. The monoisotopic (exact) mass is 340 g/mol. The number of aliphatic hydroxyl groups is 1. The van der Waals surface area contributed by atoms with E-state index in [1.54, 1.807) is 0 Å². The van der Waals surface area contributed by atoms with Crippen molar-refractivity contribution < 1.29 is 27.5 Å². The van der Waals surface area contributed by atoms with Crippen LogP contribution in [0.1, 0.15) is 12.8 Å². The number of urea groups is 1. The molecule has 1 fully saturated rings. The molecule has 2 amide bonds. The van der Waals surface area contributed by atoms with E-state index in [0.717, 1.165) is 11.0 Å². The number of amides is 2. The number of hydrogen-bond donors (Lipinski definition) is 2. The Bertz CT molecular complexity index is 572. The molecule has 0 atom stereocenters. The Morgan fingerprint density at radius 2 is 1.91 bits per heavy atom. The van der Waals surface area contributed by atoms with Crippen LogP contribution in [0.5, 0.6) is 0 Å². The first kappa shape index (κ1) is 16.8. The second-order valence-electron chi connectivity index (χ2n) is 5.08. The van der Waals surface area contributed by atoms with E-state index in [9.17, 15) is 27.5 Å². The summed E-state index contributed by atoms with van der Waals surface area (Å²) in [7, 11) is 0. The molecule has 1 heterocycles. The number of piperidine rings is 1. The third-order valence-corrected chi connectivity index (χ3v) is 3.87. The fourth-order valence-corrected chi connectivity index (χ4v) is 2.32. The maximum Gasteiger partial charge on any atom is 0.417 e. The summed E-state index contributed by atoms with van der Waals surface area (Å²) >= 11 is 5.57. The molecule has 1 aliphatic heterocycles. The van der Waals surface area contributed by atoms with Crippen molar-refractivity contribution in [3.63, 3.8) is 0 Å².